The molecule has 0 amide bonds. The quantitative estimate of drug-likeness (QED) is 0.319. The van der Waals surface area contributed by atoms with Gasteiger partial charge in [0.1, 0.15) is 0 Å². The molecule has 0 atom stereocenters. The summed E-state index contributed by atoms with van der Waals surface area (Å²) in [6.45, 7) is 2.24. The van der Waals surface area contributed by atoms with Crippen molar-refractivity contribution in [1.82, 2.24) is 0 Å². The average Bonchev–Trinajstić information content (AvgIpc) is 2.34. The van der Waals surface area contributed by atoms with Crippen LogP contribution in [-0.4, -0.2) is 11.1 Å². The van der Waals surface area contributed by atoms with Crippen LogP contribution in [0.2, 0.25) is 0 Å². The SMILES string of the molecule is CCCCCC/C=C\CCCCCCCC(=O)O.[H-].[Na+]. The van der Waals surface area contributed by atoms with Crippen molar-refractivity contribution in [3.63, 3.8) is 0 Å². The molecule has 3 heteroatoms. The van der Waals surface area contributed by atoms with E-state index in [0.29, 0.717) is 6.42 Å². The number of unbranched alkanes of at least 4 members (excludes halogenated alkanes) is 9. The summed E-state index contributed by atoms with van der Waals surface area (Å²) in [4.78, 5) is 10.3. The second-order valence-corrected chi connectivity index (χ2v) is 5.02. The number of rotatable bonds is 13. The summed E-state index contributed by atoms with van der Waals surface area (Å²) in [5.41, 5.74) is 0. The fourth-order valence-electron chi connectivity index (χ4n) is 1.99. The third-order valence-corrected chi connectivity index (χ3v) is 3.15. The Kier molecular flexibility index (Phi) is 20.6. The summed E-state index contributed by atoms with van der Waals surface area (Å²) >= 11 is 0. The van der Waals surface area contributed by atoms with E-state index in [2.05, 4.69) is 19.1 Å². The molecule has 0 aromatic heterocycles. The molecule has 0 saturated heterocycles. The number of aliphatic carboxylic acids is 1. The monoisotopic (exact) mass is 278 g/mol. The van der Waals surface area contributed by atoms with E-state index in [0.717, 1.165) is 12.8 Å². The Hall–Kier alpha value is 0.210. The van der Waals surface area contributed by atoms with Gasteiger partial charge in [-0.15, -0.1) is 0 Å². The first kappa shape index (κ1) is 21.5. The minimum absolute atomic E-state index is 0. The van der Waals surface area contributed by atoms with E-state index in [1.807, 2.05) is 0 Å². The Morgan fingerprint density at radius 2 is 1.37 bits per heavy atom. The number of hydrogen-bond donors (Lipinski definition) is 1. The number of carboxylic acid groups (broad SMARTS) is 1. The normalized spacial score (nSPS) is 10.6. The first-order valence-electron chi connectivity index (χ1n) is 7.64. The van der Waals surface area contributed by atoms with Crippen molar-refractivity contribution in [3.05, 3.63) is 12.2 Å². The van der Waals surface area contributed by atoms with Crippen LogP contribution in [-0.2, 0) is 4.79 Å². The Balaban J connectivity index is -0.00000144. The molecule has 0 spiro atoms. The van der Waals surface area contributed by atoms with Crippen LogP contribution in [0.5, 0.6) is 0 Å². The van der Waals surface area contributed by atoms with Gasteiger partial charge in [-0.3, -0.25) is 4.79 Å². The van der Waals surface area contributed by atoms with Crippen LogP contribution < -0.4 is 29.6 Å². The molecule has 0 radical (unpaired) electrons. The van der Waals surface area contributed by atoms with Gasteiger partial charge in [0.2, 0.25) is 0 Å². The van der Waals surface area contributed by atoms with Crippen LogP contribution in [0.15, 0.2) is 12.2 Å². The van der Waals surface area contributed by atoms with Gasteiger partial charge in [-0.1, -0.05) is 57.6 Å². The first-order chi connectivity index (χ1) is 8.77. The van der Waals surface area contributed by atoms with Gasteiger partial charge in [-0.05, 0) is 32.1 Å². The molecule has 0 saturated carbocycles. The Morgan fingerprint density at radius 1 is 0.895 bits per heavy atom. The zero-order chi connectivity index (χ0) is 13.5. The zero-order valence-electron chi connectivity index (χ0n) is 14.0. The van der Waals surface area contributed by atoms with Crippen molar-refractivity contribution >= 4 is 5.97 Å². The summed E-state index contributed by atoms with van der Waals surface area (Å²) < 4.78 is 0. The summed E-state index contributed by atoms with van der Waals surface area (Å²) in [6.07, 6.45) is 18.3. The fraction of sp³-hybridized carbons (Fsp3) is 0.812. The largest absolute Gasteiger partial charge is 1.00 e. The summed E-state index contributed by atoms with van der Waals surface area (Å²) in [5, 5.41) is 8.48. The predicted molar refractivity (Wildman–Crippen MR) is 79.0 cm³/mol. The fourth-order valence-corrected chi connectivity index (χ4v) is 1.99. The van der Waals surface area contributed by atoms with Crippen molar-refractivity contribution in [2.24, 2.45) is 0 Å². The molecule has 0 aliphatic heterocycles. The molecule has 108 valence electrons. The van der Waals surface area contributed by atoms with E-state index in [1.54, 1.807) is 0 Å². The molecule has 0 aliphatic rings. The third kappa shape index (κ3) is 20.7. The Bertz CT molecular complexity index is 221. The topological polar surface area (TPSA) is 37.3 Å². The second kappa shape index (κ2) is 18.2. The van der Waals surface area contributed by atoms with Crippen molar-refractivity contribution in [3.8, 4) is 0 Å². The standard InChI is InChI=1S/C16H30O2.Na.H/c1-2-3-4-5-6-7-8-9-10-11-12-13-14-15-16(17)18;;/h7-8H,2-6,9-15H2,1H3,(H,17,18);;/q;+1;-1/b8-7-;;. The zero-order valence-corrected chi connectivity index (χ0v) is 15.0. The maximum absolute atomic E-state index is 10.3. The van der Waals surface area contributed by atoms with Crippen LogP contribution in [0.1, 0.15) is 85.4 Å². The molecule has 2 nitrogen and oxygen atoms in total. The molecular formula is C16H31NaO2. The molecule has 0 rings (SSSR count). The van der Waals surface area contributed by atoms with Crippen molar-refractivity contribution in [2.45, 2.75) is 84.0 Å². The van der Waals surface area contributed by atoms with Crippen LogP contribution in [0, 0.1) is 0 Å². The van der Waals surface area contributed by atoms with Crippen molar-refractivity contribution in [1.29, 1.82) is 0 Å². The average molecular weight is 278 g/mol. The van der Waals surface area contributed by atoms with Gasteiger partial charge in [0.15, 0.2) is 0 Å². The van der Waals surface area contributed by atoms with E-state index >= 15 is 0 Å². The Morgan fingerprint density at radius 3 is 1.89 bits per heavy atom. The van der Waals surface area contributed by atoms with Crippen molar-refractivity contribution < 1.29 is 40.9 Å². The van der Waals surface area contributed by atoms with Gasteiger partial charge in [-0.2, -0.15) is 0 Å². The number of carboxylic acids is 1. The summed E-state index contributed by atoms with van der Waals surface area (Å²) in [6, 6.07) is 0. The molecule has 0 aromatic rings. The smallest absolute Gasteiger partial charge is 1.00 e. The van der Waals surface area contributed by atoms with Crippen LogP contribution in [0.4, 0.5) is 0 Å². The summed E-state index contributed by atoms with van der Waals surface area (Å²) in [7, 11) is 0. The molecule has 1 N–H and O–H groups in total. The first-order valence-corrected chi connectivity index (χ1v) is 7.64. The molecule has 0 unspecified atom stereocenters. The molecule has 0 aromatic carbocycles. The number of hydrogen-bond acceptors (Lipinski definition) is 1. The molecule has 0 heterocycles. The van der Waals surface area contributed by atoms with Gasteiger partial charge < -0.3 is 6.53 Å². The van der Waals surface area contributed by atoms with Gasteiger partial charge in [0.25, 0.3) is 0 Å². The van der Waals surface area contributed by atoms with Gasteiger partial charge in [0.05, 0.1) is 0 Å². The van der Waals surface area contributed by atoms with Gasteiger partial charge >= 0.3 is 35.5 Å². The van der Waals surface area contributed by atoms with E-state index in [9.17, 15) is 4.79 Å². The minimum atomic E-state index is -0.666. The molecule has 0 bridgehead atoms. The minimum Gasteiger partial charge on any atom is -1.00 e. The van der Waals surface area contributed by atoms with Crippen LogP contribution >= 0.6 is 0 Å². The van der Waals surface area contributed by atoms with Crippen molar-refractivity contribution in [2.75, 3.05) is 0 Å². The summed E-state index contributed by atoms with van der Waals surface area (Å²) in [5.74, 6) is -0.666. The predicted octanol–water partition coefficient (Wildman–Crippen LogP) is 2.44. The molecular weight excluding hydrogens is 247 g/mol. The number of carbonyl (C=O) groups is 1. The second-order valence-electron chi connectivity index (χ2n) is 5.02. The van der Waals surface area contributed by atoms with E-state index in [4.69, 9.17) is 5.11 Å². The van der Waals surface area contributed by atoms with Crippen LogP contribution in [0.25, 0.3) is 0 Å². The molecule has 0 aliphatic carbocycles. The Labute approximate surface area is 142 Å². The van der Waals surface area contributed by atoms with E-state index < -0.39 is 5.97 Å². The molecule has 19 heavy (non-hydrogen) atoms. The number of allylic oxidation sites excluding steroid dienone is 2. The van der Waals surface area contributed by atoms with E-state index in [-0.39, 0.29) is 31.0 Å². The van der Waals surface area contributed by atoms with E-state index in [1.165, 1.54) is 57.8 Å². The van der Waals surface area contributed by atoms with Gasteiger partial charge in [-0.25, -0.2) is 0 Å². The molecule has 0 fully saturated rings. The maximum atomic E-state index is 10.3. The van der Waals surface area contributed by atoms with Crippen LogP contribution in [0.3, 0.4) is 0 Å². The third-order valence-electron chi connectivity index (χ3n) is 3.15. The maximum Gasteiger partial charge on any atom is 1.00 e. The van der Waals surface area contributed by atoms with Gasteiger partial charge in [0, 0.05) is 6.42 Å².